The minimum absolute atomic E-state index is 0.0200. The van der Waals surface area contributed by atoms with E-state index >= 15 is 0 Å². The molecule has 2 aromatic heterocycles. The van der Waals surface area contributed by atoms with Crippen LogP contribution in [0.1, 0.15) is 26.4 Å². The molecule has 0 aliphatic heterocycles. The minimum Gasteiger partial charge on any atom is -0.350 e. The number of carbonyl (C=O) groups excluding carboxylic acids is 3. The molecule has 4 rings (SSSR count). The van der Waals surface area contributed by atoms with E-state index in [9.17, 15) is 14.4 Å². The number of hydrogen-bond acceptors (Lipinski definition) is 6. The Morgan fingerprint density at radius 1 is 0.974 bits per heavy atom. The van der Waals surface area contributed by atoms with Crippen molar-refractivity contribution in [2.75, 3.05) is 11.9 Å². The largest absolute Gasteiger partial charge is 0.350 e. The number of aromatic nitrogens is 3. The summed E-state index contributed by atoms with van der Waals surface area (Å²) in [6.07, 6.45) is 1.51. The fraction of sp³-hybridized carbons (Fsp3) is 0.0800. The highest BCUT2D eigenvalue weighted by Crippen LogP contribution is 2.32. The molecule has 0 saturated carbocycles. The van der Waals surface area contributed by atoms with Gasteiger partial charge in [0, 0.05) is 28.3 Å². The average Bonchev–Trinajstić information content (AvgIpc) is 3.31. The Bertz CT molecular complexity index is 1530. The Hall–Kier alpha value is -3.29. The second-order valence-corrected chi connectivity index (χ2v) is 10.3. The molecule has 0 unspecified atom stereocenters. The van der Waals surface area contributed by atoms with E-state index in [0.717, 1.165) is 5.56 Å². The van der Waals surface area contributed by atoms with Crippen LogP contribution in [0, 0.1) is 0 Å². The quantitative estimate of drug-likeness (QED) is 0.203. The smallest absolute Gasteiger partial charge is 0.277 e. The summed E-state index contributed by atoms with van der Waals surface area (Å²) >= 11 is 19.0. The van der Waals surface area contributed by atoms with Gasteiger partial charge in [0.15, 0.2) is 12.4 Å². The molecular weight excluding hydrogens is 679 g/mol. The van der Waals surface area contributed by atoms with Crippen LogP contribution in [0.3, 0.4) is 0 Å². The first kappa shape index (κ1) is 28.7. The number of hydroxylamine groups is 1. The highest BCUT2D eigenvalue weighted by Gasteiger charge is 2.23. The number of hydrogen-bond donors (Lipinski definition) is 3. The molecule has 0 aliphatic rings. The van der Waals surface area contributed by atoms with E-state index in [1.165, 1.54) is 29.1 Å². The van der Waals surface area contributed by atoms with E-state index in [2.05, 4.69) is 58.1 Å². The Kier molecular flexibility index (Phi) is 9.70. The first-order chi connectivity index (χ1) is 18.7. The highest BCUT2D eigenvalue weighted by molar-refractivity contribution is 9.10. The van der Waals surface area contributed by atoms with Crippen LogP contribution in [0.15, 0.2) is 75.9 Å². The lowest BCUT2D eigenvalue weighted by molar-refractivity contribution is -0.127. The maximum absolute atomic E-state index is 13.3. The molecule has 0 fully saturated rings. The number of benzene rings is 2. The lowest BCUT2D eigenvalue weighted by Crippen LogP contribution is -2.33. The number of halogens is 4. The van der Waals surface area contributed by atoms with Crippen LogP contribution < -0.4 is 16.1 Å². The van der Waals surface area contributed by atoms with E-state index < -0.39 is 24.3 Å². The maximum Gasteiger partial charge on any atom is 0.277 e. The van der Waals surface area contributed by atoms with Gasteiger partial charge in [0.1, 0.15) is 10.3 Å². The van der Waals surface area contributed by atoms with Gasteiger partial charge in [0.05, 0.1) is 16.3 Å². The van der Waals surface area contributed by atoms with Gasteiger partial charge in [-0.3, -0.25) is 19.2 Å². The summed E-state index contributed by atoms with van der Waals surface area (Å²) in [5.41, 5.74) is 3.29. The van der Waals surface area contributed by atoms with Gasteiger partial charge in [-0.1, -0.05) is 53.5 Å². The van der Waals surface area contributed by atoms with Crippen LogP contribution in [0.4, 0.5) is 5.69 Å². The number of pyridine rings is 1. The number of anilines is 1. The molecule has 4 aromatic rings. The molecule has 0 aliphatic carbocycles. The third-order valence-corrected chi connectivity index (χ3v) is 6.62. The van der Waals surface area contributed by atoms with E-state index in [1.54, 1.807) is 12.1 Å². The normalized spacial score (nSPS) is 10.7. The Morgan fingerprint density at radius 3 is 2.49 bits per heavy atom. The Morgan fingerprint density at radius 2 is 1.74 bits per heavy atom. The summed E-state index contributed by atoms with van der Waals surface area (Å²) in [6.45, 7) is -0.120. The molecule has 2 aromatic carbocycles. The van der Waals surface area contributed by atoms with Crippen molar-refractivity contribution in [1.82, 2.24) is 25.6 Å². The molecule has 0 spiro atoms. The third kappa shape index (κ3) is 7.43. The van der Waals surface area contributed by atoms with Gasteiger partial charge in [0.2, 0.25) is 5.91 Å². The molecule has 0 bridgehead atoms. The van der Waals surface area contributed by atoms with Gasteiger partial charge < -0.3 is 10.6 Å². The van der Waals surface area contributed by atoms with Gasteiger partial charge in [-0.15, -0.1) is 0 Å². The molecule has 2 heterocycles. The van der Waals surface area contributed by atoms with Crippen molar-refractivity contribution in [3.05, 3.63) is 103 Å². The van der Waals surface area contributed by atoms with Crippen molar-refractivity contribution in [2.24, 2.45) is 0 Å². The van der Waals surface area contributed by atoms with Gasteiger partial charge >= 0.3 is 0 Å². The van der Waals surface area contributed by atoms with Gasteiger partial charge in [0.25, 0.3) is 11.8 Å². The van der Waals surface area contributed by atoms with Crippen molar-refractivity contribution in [3.63, 3.8) is 0 Å². The maximum atomic E-state index is 13.3. The molecule has 14 heteroatoms. The van der Waals surface area contributed by atoms with Crippen LogP contribution in [-0.2, 0) is 16.2 Å². The predicted octanol–water partition coefficient (Wildman–Crippen LogP) is 5.33. The van der Waals surface area contributed by atoms with E-state index in [0.29, 0.717) is 15.6 Å². The second kappa shape index (κ2) is 13.2. The average molecular weight is 697 g/mol. The first-order valence-corrected chi connectivity index (χ1v) is 13.5. The van der Waals surface area contributed by atoms with Crippen LogP contribution in [-0.4, -0.2) is 39.1 Å². The zero-order chi connectivity index (χ0) is 27.9. The highest BCUT2D eigenvalue weighted by atomic mass is 79.9. The van der Waals surface area contributed by atoms with E-state index in [1.807, 2.05) is 30.3 Å². The van der Waals surface area contributed by atoms with Crippen molar-refractivity contribution in [1.29, 1.82) is 0 Å². The van der Waals surface area contributed by atoms with Crippen molar-refractivity contribution >= 4 is 78.5 Å². The molecule has 0 radical (unpaired) electrons. The summed E-state index contributed by atoms with van der Waals surface area (Å²) in [5.74, 6) is -1.56. The Labute approximate surface area is 249 Å². The van der Waals surface area contributed by atoms with Crippen molar-refractivity contribution in [2.45, 2.75) is 6.54 Å². The molecule has 200 valence electrons. The molecule has 10 nitrogen and oxygen atoms in total. The van der Waals surface area contributed by atoms with Crippen LogP contribution in [0.2, 0.25) is 10.0 Å². The van der Waals surface area contributed by atoms with Crippen molar-refractivity contribution in [3.8, 4) is 5.82 Å². The van der Waals surface area contributed by atoms with E-state index in [4.69, 9.17) is 28.0 Å². The van der Waals surface area contributed by atoms with Gasteiger partial charge in [-0.05, 0) is 61.7 Å². The summed E-state index contributed by atoms with van der Waals surface area (Å²) in [6, 6.07) is 16.9. The number of rotatable bonds is 9. The lowest BCUT2D eigenvalue weighted by Gasteiger charge is -2.14. The molecule has 3 N–H and O–H groups in total. The van der Waals surface area contributed by atoms with E-state index in [-0.39, 0.29) is 32.8 Å². The lowest BCUT2D eigenvalue weighted by atomic mass is 10.1. The topological polar surface area (TPSA) is 127 Å². The number of nitrogens with zero attached hydrogens (tertiary/aromatic N) is 3. The molecular formula is C25H18Br2Cl2N6O4. The Balaban J connectivity index is 1.46. The summed E-state index contributed by atoms with van der Waals surface area (Å²) in [4.78, 5) is 47.6. The SMILES string of the molecule is O=C(CONC(=O)c1cc(Cl)cc(Br)c1NC(=O)c1cc(Br)nn1-c1ncccc1Cl)NCc1ccccc1. The second-order valence-electron chi connectivity index (χ2n) is 7.82. The zero-order valence-electron chi connectivity index (χ0n) is 19.8. The standard InChI is InChI=1S/C25H18Br2Cl2N6O4/c26-17-10-15(28)9-16(24(37)34-39-13-21(36)31-12-14-5-2-1-3-6-14)22(17)32-25(38)19-11-20(27)33-35(19)23-18(29)7-4-8-30-23/h1-11H,12-13H2,(H,31,36)(H,32,38)(H,34,37). The number of nitrogens with one attached hydrogen (secondary N) is 3. The third-order valence-electron chi connectivity index (χ3n) is 5.09. The summed E-state index contributed by atoms with van der Waals surface area (Å²) in [5, 5.41) is 10.1. The predicted molar refractivity (Wildman–Crippen MR) is 153 cm³/mol. The monoisotopic (exact) mass is 694 g/mol. The fourth-order valence-corrected chi connectivity index (χ4v) is 4.82. The van der Waals surface area contributed by atoms with Gasteiger partial charge in [-0.25, -0.2) is 15.1 Å². The molecule has 39 heavy (non-hydrogen) atoms. The summed E-state index contributed by atoms with van der Waals surface area (Å²) in [7, 11) is 0. The van der Waals surface area contributed by atoms with Crippen molar-refractivity contribution < 1.29 is 19.2 Å². The molecule has 0 saturated heterocycles. The van der Waals surface area contributed by atoms with Crippen LogP contribution in [0.25, 0.3) is 5.82 Å². The van der Waals surface area contributed by atoms with Crippen LogP contribution >= 0.6 is 55.1 Å². The van der Waals surface area contributed by atoms with Gasteiger partial charge in [-0.2, -0.15) is 5.10 Å². The fourth-order valence-electron chi connectivity index (χ4n) is 3.34. The molecule has 0 atom stereocenters. The summed E-state index contributed by atoms with van der Waals surface area (Å²) < 4.78 is 1.96. The zero-order valence-corrected chi connectivity index (χ0v) is 24.4. The first-order valence-electron chi connectivity index (χ1n) is 11.1. The van der Waals surface area contributed by atoms with Crippen LogP contribution in [0.5, 0.6) is 0 Å². The molecule has 3 amide bonds. The number of amides is 3. The number of carbonyl (C=O) groups is 3. The minimum atomic E-state index is -0.744.